The lowest BCUT2D eigenvalue weighted by molar-refractivity contribution is -0.120. The molecule has 1 aromatic carbocycles. The molecule has 0 saturated carbocycles. The highest BCUT2D eigenvalue weighted by molar-refractivity contribution is 9.10. The van der Waals surface area contributed by atoms with E-state index in [1.807, 2.05) is 24.3 Å². The minimum Gasteiger partial charge on any atom is -0.347 e. The third-order valence-corrected chi connectivity index (χ3v) is 5.82. The second-order valence-electron chi connectivity index (χ2n) is 7.38. The van der Waals surface area contributed by atoms with E-state index in [9.17, 15) is 4.79 Å². The highest BCUT2D eigenvalue weighted by atomic mass is 79.9. The first kappa shape index (κ1) is 18.3. The minimum atomic E-state index is -0.0317. The molecule has 2 heterocycles. The van der Waals surface area contributed by atoms with Gasteiger partial charge in [-0.15, -0.1) is 0 Å². The van der Waals surface area contributed by atoms with Crippen LogP contribution in [0, 0.1) is 5.92 Å². The lowest BCUT2D eigenvalue weighted by Crippen LogP contribution is -2.38. The van der Waals surface area contributed by atoms with Crippen molar-refractivity contribution in [1.29, 1.82) is 0 Å². The number of para-hydroxylation sites is 1. The van der Waals surface area contributed by atoms with Crippen LogP contribution in [0.5, 0.6) is 0 Å². The number of benzene rings is 1. The fraction of sp³-hybridized carbons (Fsp3) is 0.500. The Hall–Kier alpha value is -1.47. The summed E-state index contributed by atoms with van der Waals surface area (Å²) in [4.78, 5) is 19.4. The molecule has 1 aliphatic rings. The summed E-state index contributed by atoms with van der Waals surface area (Å²) in [6, 6.07) is 7.70. The average molecular weight is 423 g/mol. The van der Waals surface area contributed by atoms with Gasteiger partial charge in [0, 0.05) is 40.4 Å². The molecule has 134 valence electrons. The molecule has 1 N–H and O–H groups in total. The number of carbonyl (C=O) groups is 1. The zero-order chi connectivity index (χ0) is 18.0. The van der Waals surface area contributed by atoms with Crippen molar-refractivity contribution < 1.29 is 4.79 Å². The molecule has 0 bridgehead atoms. The Labute approximate surface area is 161 Å². The van der Waals surface area contributed by atoms with Crippen molar-refractivity contribution in [1.82, 2.24) is 9.36 Å². The highest BCUT2D eigenvalue weighted by Crippen LogP contribution is 2.29. The van der Waals surface area contributed by atoms with Crippen LogP contribution >= 0.6 is 27.5 Å². The predicted molar refractivity (Wildman–Crippen MR) is 106 cm³/mol. The standard InChI is InChI=1S/C18H23BrN4OS/c1-18(2,3)16-21-17(25-22-16)23-10-8-12(9-11-23)15(24)20-14-7-5-4-6-13(14)19/h4-7,12H,8-11H2,1-3H3,(H,20,24). The van der Waals surface area contributed by atoms with E-state index in [0.717, 1.165) is 47.0 Å². The van der Waals surface area contributed by atoms with E-state index in [0.29, 0.717) is 0 Å². The molecular weight excluding hydrogens is 400 g/mol. The number of halogens is 1. The van der Waals surface area contributed by atoms with Gasteiger partial charge in [0.25, 0.3) is 0 Å². The topological polar surface area (TPSA) is 58.1 Å². The first-order chi connectivity index (χ1) is 11.8. The maximum absolute atomic E-state index is 12.5. The molecule has 0 unspecified atom stereocenters. The summed E-state index contributed by atoms with van der Waals surface area (Å²) < 4.78 is 5.39. The van der Waals surface area contributed by atoms with Crippen molar-refractivity contribution in [3.63, 3.8) is 0 Å². The molecule has 1 aliphatic heterocycles. The number of anilines is 2. The van der Waals surface area contributed by atoms with Crippen molar-refractivity contribution in [2.24, 2.45) is 5.92 Å². The second kappa shape index (κ2) is 7.41. The van der Waals surface area contributed by atoms with Crippen LogP contribution in [0.1, 0.15) is 39.4 Å². The molecule has 2 aromatic rings. The van der Waals surface area contributed by atoms with Crippen LogP contribution in [-0.2, 0) is 10.2 Å². The van der Waals surface area contributed by atoms with E-state index in [1.165, 1.54) is 11.5 Å². The maximum Gasteiger partial charge on any atom is 0.227 e. The normalized spacial score (nSPS) is 16.1. The molecule has 0 aliphatic carbocycles. The molecular formula is C18H23BrN4OS. The summed E-state index contributed by atoms with van der Waals surface area (Å²) in [6.07, 6.45) is 1.67. The number of hydrogen-bond acceptors (Lipinski definition) is 5. The van der Waals surface area contributed by atoms with Crippen LogP contribution in [0.3, 0.4) is 0 Å². The number of aromatic nitrogens is 2. The number of nitrogens with one attached hydrogen (secondary N) is 1. The fourth-order valence-electron chi connectivity index (χ4n) is 2.78. The zero-order valence-corrected chi connectivity index (χ0v) is 17.2. The second-order valence-corrected chi connectivity index (χ2v) is 8.97. The molecule has 25 heavy (non-hydrogen) atoms. The molecule has 1 fully saturated rings. The molecule has 0 atom stereocenters. The van der Waals surface area contributed by atoms with Gasteiger partial charge in [0.1, 0.15) is 5.82 Å². The van der Waals surface area contributed by atoms with Crippen LogP contribution < -0.4 is 10.2 Å². The minimum absolute atomic E-state index is 0.0317. The van der Waals surface area contributed by atoms with Crippen molar-refractivity contribution in [2.75, 3.05) is 23.3 Å². The van der Waals surface area contributed by atoms with Crippen LogP contribution in [0.15, 0.2) is 28.7 Å². The number of hydrogen-bond donors (Lipinski definition) is 1. The fourth-order valence-corrected chi connectivity index (χ4v) is 4.07. The number of piperidine rings is 1. The lowest BCUT2D eigenvalue weighted by Gasteiger charge is -2.30. The van der Waals surface area contributed by atoms with Gasteiger partial charge in [-0.1, -0.05) is 32.9 Å². The summed E-state index contributed by atoms with van der Waals surface area (Å²) in [6.45, 7) is 8.05. The quantitative estimate of drug-likeness (QED) is 0.793. The van der Waals surface area contributed by atoms with Crippen LogP contribution in [0.2, 0.25) is 0 Å². The third kappa shape index (κ3) is 4.39. The van der Waals surface area contributed by atoms with Gasteiger partial charge in [-0.05, 0) is 40.9 Å². The lowest BCUT2D eigenvalue weighted by atomic mass is 9.95. The Morgan fingerprint density at radius 2 is 1.96 bits per heavy atom. The van der Waals surface area contributed by atoms with Crippen molar-refractivity contribution in [3.8, 4) is 0 Å². The Bertz CT molecular complexity index is 748. The van der Waals surface area contributed by atoms with Gasteiger partial charge in [0.15, 0.2) is 0 Å². The Balaban J connectivity index is 1.57. The molecule has 0 radical (unpaired) electrons. The van der Waals surface area contributed by atoms with Gasteiger partial charge in [-0.2, -0.15) is 4.37 Å². The number of carbonyl (C=O) groups excluding carboxylic acids is 1. The van der Waals surface area contributed by atoms with E-state index in [-0.39, 0.29) is 17.2 Å². The van der Waals surface area contributed by atoms with Gasteiger partial charge >= 0.3 is 0 Å². The summed E-state index contributed by atoms with van der Waals surface area (Å²) in [5, 5.41) is 4.00. The third-order valence-electron chi connectivity index (χ3n) is 4.35. The Kier molecular flexibility index (Phi) is 5.43. The summed E-state index contributed by atoms with van der Waals surface area (Å²) in [7, 11) is 0. The van der Waals surface area contributed by atoms with Gasteiger partial charge in [-0.25, -0.2) is 4.98 Å². The van der Waals surface area contributed by atoms with Crippen molar-refractivity contribution in [3.05, 3.63) is 34.6 Å². The van der Waals surface area contributed by atoms with Gasteiger partial charge in [0.2, 0.25) is 11.0 Å². The molecule has 1 amide bonds. The van der Waals surface area contributed by atoms with E-state index >= 15 is 0 Å². The summed E-state index contributed by atoms with van der Waals surface area (Å²) in [5.41, 5.74) is 0.796. The number of rotatable bonds is 3. The maximum atomic E-state index is 12.5. The van der Waals surface area contributed by atoms with E-state index in [4.69, 9.17) is 0 Å². The van der Waals surface area contributed by atoms with Crippen molar-refractivity contribution in [2.45, 2.75) is 39.0 Å². The van der Waals surface area contributed by atoms with Crippen LogP contribution in [0.25, 0.3) is 0 Å². The van der Waals surface area contributed by atoms with Gasteiger partial charge in [0.05, 0.1) is 5.69 Å². The summed E-state index contributed by atoms with van der Waals surface area (Å²) in [5.74, 6) is 1.03. The van der Waals surface area contributed by atoms with Crippen LogP contribution in [0.4, 0.5) is 10.8 Å². The first-order valence-corrected chi connectivity index (χ1v) is 10.1. The molecule has 3 rings (SSSR count). The first-order valence-electron chi connectivity index (χ1n) is 8.49. The van der Waals surface area contributed by atoms with E-state index < -0.39 is 0 Å². The predicted octanol–water partition coefficient (Wildman–Crippen LogP) is 4.45. The highest BCUT2D eigenvalue weighted by Gasteiger charge is 2.28. The van der Waals surface area contributed by atoms with Crippen molar-refractivity contribution >= 4 is 44.2 Å². The Morgan fingerprint density at radius 1 is 1.28 bits per heavy atom. The number of nitrogens with zero attached hydrogens (tertiary/aromatic N) is 3. The molecule has 1 aromatic heterocycles. The van der Waals surface area contributed by atoms with Gasteiger partial charge < -0.3 is 10.2 Å². The molecule has 5 nitrogen and oxygen atoms in total. The molecule has 7 heteroatoms. The smallest absolute Gasteiger partial charge is 0.227 e. The van der Waals surface area contributed by atoms with Crippen LogP contribution in [-0.4, -0.2) is 28.4 Å². The number of amides is 1. The zero-order valence-electron chi connectivity index (χ0n) is 14.8. The average Bonchev–Trinajstić information content (AvgIpc) is 3.07. The van der Waals surface area contributed by atoms with Gasteiger partial charge in [-0.3, -0.25) is 4.79 Å². The largest absolute Gasteiger partial charge is 0.347 e. The monoisotopic (exact) mass is 422 g/mol. The molecule has 1 saturated heterocycles. The SMILES string of the molecule is CC(C)(C)c1nsc(N2CCC(C(=O)Nc3ccccc3Br)CC2)n1. The molecule has 0 spiro atoms. The van der Waals surface area contributed by atoms with E-state index in [2.05, 4.69) is 56.3 Å². The Morgan fingerprint density at radius 3 is 2.56 bits per heavy atom. The summed E-state index contributed by atoms with van der Waals surface area (Å²) >= 11 is 4.93. The van der Waals surface area contributed by atoms with E-state index in [1.54, 1.807) is 0 Å².